The fraction of sp³-hybridized carbons (Fsp3) is 0.450. The van der Waals surface area contributed by atoms with E-state index in [1.165, 1.54) is 0 Å². The van der Waals surface area contributed by atoms with Crippen LogP contribution in [0, 0.1) is 0 Å². The minimum absolute atomic E-state index is 0.647. The Morgan fingerprint density at radius 3 is 2.78 bits per heavy atom. The van der Waals surface area contributed by atoms with Crippen molar-refractivity contribution in [3.05, 3.63) is 52.8 Å². The van der Waals surface area contributed by atoms with E-state index in [4.69, 9.17) is 21.1 Å². The van der Waals surface area contributed by atoms with Gasteiger partial charge in [0.15, 0.2) is 5.96 Å². The van der Waals surface area contributed by atoms with Crippen LogP contribution < -0.4 is 10.1 Å². The normalized spacial score (nSPS) is 11.5. The van der Waals surface area contributed by atoms with Gasteiger partial charge in [0.25, 0.3) is 0 Å². The number of ether oxygens (including phenoxy) is 2. The first-order valence-corrected chi connectivity index (χ1v) is 9.34. The molecule has 0 fully saturated rings. The van der Waals surface area contributed by atoms with Crippen LogP contribution >= 0.6 is 11.6 Å². The highest BCUT2D eigenvalue weighted by Gasteiger charge is 2.10. The van der Waals surface area contributed by atoms with E-state index in [0.29, 0.717) is 26.3 Å². The smallest absolute Gasteiger partial charge is 0.194 e. The Balaban J connectivity index is 1.88. The van der Waals surface area contributed by atoms with E-state index in [2.05, 4.69) is 21.3 Å². The van der Waals surface area contributed by atoms with E-state index in [1.807, 2.05) is 49.1 Å². The molecule has 2 rings (SSSR count). The number of benzene rings is 1. The van der Waals surface area contributed by atoms with E-state index in [1.54, 1.807) is 14.2 Å². The van der Waals surface area contributed by atoms with Crippen LogP contribution in [0.1, 0.15) is 17.7 Å². The standard InChI is InChI=1S/C20H29ClN4O2/c1-22-20(25(3)15-18-12-17(21)14-24(18)2)23-13-16-7-5-8-19(11-16)27-10-6-9-26-4/h5,7-8,11-12,14H,6,9-10,13,15H2,1-4H3,(H,22,23). The number of hydrogen-bond acceptors (Lipinski definition) is 3. The third-order valence-electron chi connectivity index (χ3n) is 4.16. The number of guanidine groups is 1. The molecule has 1 N–H and O–H groups in total. The maximum atomic E-state index is 6.07. The molecule has 1 heterocycles. The van der Waals surface area contributed by atoms with Crippen LogP contribution in [0.3, 0.4) is 0 Å². The van der Waals surface area contributed by atoms with Crippen molar-refractivity contribution in [1.82, 2.24) is 14.8 Å². The zero-order chi connectivity index (χ0) is 19.6. The maximum absolute atomic E-state index is 6.07. The molecule has 0 radical (unpaired) electrons. The van der Waals surface area contributed by atoms with Gasteiger partial charge in [-0.25, -0.2) is 0 Å². The average Bonchev–Trinajstić information content (AvgIpc) is 2.96. The summed E-state index contributed by atoms with van der Waals surface area (Å²) < 4.78 is 12.8. The molecule has 1 aromatic heterocycles. The van der Waals surface area contributed by atoms with Gasteiger partial charge in [-0.2, -0.15) is 0 Å². The summed E-state index contributed by atoms with van der Waals surface area (Å²) in [6.07, 6.45) is 2.78. The lowest BCUT2D eigenvalue weighted by Crippen LogP contribution is -2.38. The van der Waals surface area contributed by atoms with Crippen molar-refractivity contribution in [2.75, 3.05) is 34.4 Å². The van der Waals surface area contributed by atoms with Crippen LogP contribution in [0.15, 0.2) is 41.5 Å². The van der Waals surface area contributed by atoms with E-state index in [9.17, 15) is 0 Å². The zero-order valence-electron chi connectivity index (χ0n) is 16.5. The molecule has 0 unspecified atom stereocenters. The highest BCUT2D eigenvalue weighted by atomic mass is 35.5. The van der Waals surface area contributed by atoms with E-state index < -0.39 is 0 Å². The monoisotopic (exact) mass is 392 g/mol. The summed E-state index contributed by atoms with van der Waals surface area (Å²) in [7, 11) is 7.48. The number of halogens is 1. The summed E-state index contributed by atoms with van der Waals surface area (Å²) in [5.41, 5.74) is 2.26. The maximum Gasteiger partial charge on any atom is 0.194 e. The molecule has 0 aliphatic heterocycles. The second-order valence-corrected chi connectivity index (χ2v) is 6.80. The number of aromatic nitrogens is 1. The van der Waals surface area contributed by atoms with Crippen molar-refractivity contribution < 1.29 is 9.47 Å². The average molecular weight is 393 g/mol. The second-order valence-electron chi connectivity index (χ2n) is 6.36. The number of nitrogens with zero attached hydrogens (tertiary/aromatic N) is 3. The molecule has 0 saturated heterocycles. The number of nitrogens with one attached hydrogen (secondary N) is 1. The molecule has 0 aliphatic rings. The SMILES string of the molecule is CN=C(NCc1cccc(OCCCOC)c1)N(C)Cc1cc(Cl)cn1C. The molecular formula is C20H29ClN4O2. The third-order valence-corrected chi connectivity index (χ3v) is 4.36. The lowest BCUT2D eigenvalue weighted by molar-refractivity contribution is 0.172. The van der Waals surface area contributed by atoms with Gasteiger partial charge in [-0.05, 0) is 23.8 Å². The predicted octanol–water partition coefficient (Wildman–Crippen LogP) is 3.30. The van der Waals surface area contributed by atoms with Crippen molar-refractivity contribution in [3.63, 3.8) is 0 Å². The Hall–Kier alpha value is -2.18. The van der Waals surface area contributed by atoms with Gasteiger partial charge >= 0.3 is 0 Å². The highest BCUT2D eigenvalue weighted by Crippen LogP contribution is 2.15. The number of aliphatic imine (C=N–C) groups is 1. The van der Waals surface area contributed by atoms with E-state index in [0.717, 1.165) is 34.4 Å². The Labute approximate surface area is 166 Å². The molecule has 0 bridgehead atoms. The highest BCUT2D eigenvalue weighted by molar-refractivity contribution is 6.30. The molecule has 27 heavy (non-hydrogen) atoms. The Bertz CT molecular complexity index is 745. The predicted molar refractivity (Wildman–Crippen MR) is 111 cm³/mol. The van der Waals surface area contributed by atoms with Crippen molar-refractivity contribution in [1.29, 1.82) is 0 Å². The van der Waals surface area contributed by atoms with Gasteiger partial charge in [-0.15, -0.1) is 0 Å². The lowest BCUT2D eigenvalue weighted by atomic mass is 10.2. The van der Waals surface area contributed by atoms with Crippen LogP contribution in [0.5, 0.6) is 5.75 Å². The molecule has 2 aromatic rings. The van der Waals surface area contributed by atoms with Crippen molar-refractivity contribution >= 4 is 17.6 Å². The van der Waals surface area contributed by atoms with Gasteiger partial charge < -0.3 is 24.3 Å². The van der Waals surface area contributed by atoms with E-state index >= 15 is 0 Å². The van der Waals surface area contributed by atoms with Crippen LogP contribution in [-0.2, 0) is 24.9 Å². The fourth-order valence-corrected chi connectivity index (χ4v) is 3.02. The number of hydrogen-bond donors (Lipinski definition) is 1. The topological polar surface area (TPSA) is 51.0 Å². The third kappa shape index (κ3) is 6.81. The summed E-state index contributed by atoms with van der Waals surface area (Å²) in [6.45, 7) is 2.73. The molecule has 1 aromatic carbocycles. The van der Waals surface area contributed by atoms with Gasteiger partial charge in [0.05, 0.1) is 18.2 Å². The summed E-state index contributed by atoms with van der Waals surface area (Å²) >= 11 is 6.07. The molecule has 7 heteroatoms. The zero-order valence-corrected chi connectivity index (χ0v) is 17.3. The Morgan fingerprint density at radius 2 is 2.11 bits per heavy atom. The molecule has 148 valence electrons. The number of aryl methyl sites for hydroxylation is 1. The van der Waals surface area contributed by atoms with Crippen LogP contribution in [0.25, 0.3) is 0 Å². The van der Waals surface area contributed by atoms with Gasteiger partial charge in [-0.3, -0.25) is 4.99 Å². The fourth-order valence-electron chi connectivity index (χ4n) is 2.75. The lowest BCUT2D eigenvalue weighted by Gasteiger charge is -2.22. The minimum atomic E-state index is 0.647. The summed E-state index contributed by atoms with van der Waals surface area (Å²) in [4.78, 5) is 6.44. The van der Waals surface area contributed by atoms with Crippen LogP contribution in [0.4, 0.5) is 0 Å². The van der Waals surface area contributed by atoms with Gasteiger partial charge in [0.1, 0.15) is 5.75 Å². The van der Waals surface area contributed by atoms with Crippen molar-refractivity contribution in [3.8, 4) is 5.75 Å². The number of methoxy groups -OCH3 is 1. The van der Waals surface area contributed by atoms with Gasteiger partial charge in [0.2, 0.25) is 0 Å². The van der Waals surface area contributed by atoms with Gasteiger partial charge in [-0.1, -0.05) is 23.7 Å². The first kappa shape index (κ1) is 21.1. The molecule has 0 aliphatic carbocycles. The first-order valence-electron chi connectivity index (χ1n) is 8.96. The van der Waals surface area contributed by atoms with E-state index in [-0.39, 0.29) is 0 Å². The molecule has 6 nitrogen and oxygen atoms in total. The molecule has 0 saturated carbocycles. The largest absolute Gasteiger partial charge is 0.493 e. The summed E-state index contributed by atoms with van der Waals surface area (Å²) in [6, 6.07) is 10.1. The summed E-state index contributed by atoms with van der Waals surface area (Å²) in [5.74, 6) is 1.69. The summed E-state index contributed by atoms with van der Waals surface area (Å²) in [5, 5.41) is 4.14. The van der Waals surface area contributed by atoms with Crippen LogP contribution in [-0.4, -0.2) is 49.8 Å². The quantitative estimate of drug-likeness (QED) is 0.404. The molecular weight excluding hydrogens is 364 g/mol. The first-order chi connectivity index (χ1) is 13.0. The molecule has 0 amide bonds. The van der Waals surface area contributed by atoms with Crippen LogP contribution in [0.2, 0.25) is 5.02 Å². The second kappa shape index (κ2) is 10.8. The molecule has 0 atom stereocenters. The van der Waals surface area contributed by atoms with Crippen molar-refractivity contribution in [2.45, 2.75) is 19.5 Å². The number of rotatable bonds is 9. The van der Waals surface area contributed by atoms with Gasteiger partial charge in [0, 0.05) is 59.7 Å². The molecule has 0 spiro atoms. The minimum Gasteiger partial charge on any atom is -0.493 e. The van der Waals surface area contributed by atoms with Crippen molar-refractivity contribution in [2.24, 2.45) is 12.0 Å². The Morgan fingerprint density at radius 1 is 1.30 bits per heavy atom. The Kier molecular flexibility index (Phi) is 8.48.